The van der Waals surface area contributed by atoms with E-state index in [1.807, 2.05) is 4.90 Å². The van der Waals surface area contributed by atoms with Crippen molar-refractivity contribution < 1.29 is 22.8 Å². The molecule has 1 heterocycles. The maximum Gasteiger partial charge on any atom is 0.416 e. The van der Waals surface area contributed by atoms with Crippen molar-refractivity contribution >= 4 is 17.6 Å². The van der Waals surface area contributed by atoms with Crippen LogP contribution >= 0.6 is 0 Å². The standard InChI is InChI=1S/C17H20F3N3O2/c18-17(19,20)12-2-1-3-14(10-12)22-16(25)21-13-6-8-23(9-7-13)15(24)11-4-5-11/h1-3,10-11,13H,4-9H2,(H2,21,22,25). The molecule has 1 aromatic carbocycles. The molecule has 1 saturated carbocycles. The lowest BCUT2D eigenvalue weighted by molar-refractivity contribution is -0.137. The number of amides is 3. The van der Waals surface area contributed by atoms with Crippen LogP contribution in [0.5, 0.6) is 0 Å². The summed E-state index contributed by atoms with van der Waals surface area (Å²) in [5.41, 5.74) is -0.717. The van der Waals surface area contributed by atoms with Gasteiger partial charge in [0.05, 0.1) is 5.56 Å². The van der Waals surface area contributed by atoms with Crippen LogP contribution in [0.3, 0.4) is 0 Å². The summed E-state index contributed by atoms with van der Waals surface area (Å²) in [5.74, 6) is 0.389. The van der Waals surface area contributed by atoms with Crippen LogP contribution in [-0.2, 0) is 11.0 Å². The Hall–Kier alpha value is -2.25. The number of rotatable bonds is 3. The second-order valence-corrected chi connectivity index (χ2v) is 6.55. The maximum absolute atomic E-state index is 12.7. The summed E-state index contributed by atoms with van der Waals surface area (Å²) >= 11 is 0. The normalized spacial score (nSPS) is 18.8. The molecule has 2 fully saturated rings. The number of halogens is 3. The number of nitrogens with one attached hydrogen (secondary N) is 2. The number of carbonyl (C=O) groups excluding carboxylic acids is 2. The van der Waals surface area contributed by atoms with E-state index in [9.17, 15) is 22.8 Å². The molecular formula is C17H20F3N3O2. The zero-order valence-corrected chi connectivity index (χ0v) is 13.6. The lowest BCUT2D eigenvalue weighted by Gasteiger charge is -2.32. The molecule has 8 heteroatoms. The third-order valence-corrected chi connectivity index (χ3v) is 4.52. The minimum atomic E-state index is -4.45. The Kier molecular flexibility index (Phi) is 4.87. The average molecular weight is 355 g/mol. The monoisotopic (exact) mass is 355 g/mol. The second-order valence-electron chi connectivity index (χ2n) is 6.55. The summed E-state index contributed by atoms with van der Waals surface area (Å²) in [7, 11) is 0. The smallest absolute Gasteiger partial charge is 0.342 e. The van der Waals surface area contributed by atoms with Crippen LogP contribution in [0.4, 0.5) is 23.7 Å². The number of carbonyl (C=O) groups is 2. The number of hydrogen-bond acceptors (Lipinski definition) is 2. The van der Waals surface area contributed by atoms with E-state index in [0.29, 0.717) is 25.9 Å². The number of hydrogen-bond donors (Lipinski definition) is 2. The van der Waals surface area contributed by atoms with Crippen LogP contribution in [-0.4, -0.2) is 36.0 Å². The topological polar surface area (TPSA) is 61.4 Å². The number of likely N-dealkylation sites (tertiary alicyclic amines) is 1. The van der Waals surface area contributed by atoms with Gasteiger partial charge >= 0.3 is 12.2 Å². The quantitative estimate of drug-likeness (QED) is 0.875. The van der Waals surface area contributed by atoms with Gasteiger partial charge in [0.2, 0.25) is 5.91 Å². The van der Waals surface area contributed by atoms with E-state index >= 15 is 0 Å². The number of benzene rings is 1. The van der Waals surface area contributed by atoms with Gasteiger partial charge in [-0.1, -0.05) is 6.07 Å². The van der Waals surface area contributed by atoms with E-state index in [2.05, 4.69) is 10.6 Å². The second kappa shape index (κ2) is 6.93. The van der Waals surface area contributed by atoms with Gasteiger partial charge in [-0.3, -0.25) is 4.79 Å². The first-order valence-electron chi connectivity index (χ1n) is 8.36. The van der Waals surface area contributed by atoms with Gasteiger partial charge in [-0.15, -0.1) is 0 Å². The van der Waals surface area contributed by atoms with E-state index in [-0.39, 0.29) is 23.6 Å². The van der Waals surface area contributed by atoms with E-state index in [0.717, 1.165) is 25.0 Å². The summed E-state index contributed by atoms with van der Waals surface area (Å²) < 4.78 is 38.0. The molecule has 0 aromatic heterocycles. The summed E-state index contributed by atoms with van der Waals surface area (Å²) in [5, 5.41) is 5.19. The summed E-state index contributed by atoms with van der Waals surface area (Å²) in [6.45, 7) is 1.20. The molecule has 2 aliphatic rings. The minimum absolute atomic E-state index is 0.0888. The predicted octanol–water partition coefficient (Wildman–Crippen LogP) is 3.23. The molecule has 0 bridgehead atoms. The van der Waals surface area contributed by atoms with Crippen LogP contribution < -0.4 is 10.6 Å². The van der Waals surface area contributed by atoms with Gasteiger partial charge in [0, 0.05) is 30.7 Å². The van der Waals surface area contributed by atoms with Crippen LogP contribution in [0.1, 0.15) is 31.2 Å². The summed E-state index contributed by atoms with van der Waals surface area (Å²) in [6, 6.07) is 3.89. The molecule has 1 aromatic rings. The van der Waals surface area contributed by atoms with E-state index in [4.69, 9.17) is 0 Å². The third kappa shape index (κ3) is 4.64. The fourth-order valence-electron chi connectivity index (χ4n) is 2.96. The van der Waals surface area contributed by atoms with Crippen LogP contribution in [0.25, 0.3) is 0 Å². The first kappa shape index (κ1) is 17.6. The largest absolute Gasteiger partial charge is 0.416 e. The molecule has 0 spiro atoms. The highest BCUT2D eigenvalue weighted by Crippen LogP contribution is 2.32. The van der Waals surface area contributed by atoms with Gasteiger partial charge in [-0.2, -0.15) is 13.2 Å². The highest BCUT2D eigenvalue weighted by atomic mass is 19.4. The lowest BCUT2D eigenvalue weighted by Crippen LogP contribution is -2.47. The third-order valence-electron chi connectivity index (χ3n) is 4.52. The Morgan fingerprint density at radius 3 is 2.36 bits per heavy atom. The van der Waals surface area contributed by atoms with Crippen molar-refractivity contribution in [1.82, 2.24) is 10.2 Å². The highest BCUT2D eigenvalue weighted by molar-refractivity contribution is 5.89. The molecule has 0 radical (unpaired) electrons. The van der Waals surface area contributed by atoms with E-state index < -0.39 is 17.8 Å². The van der Waals surface area contributed by atoms with Crippen LogP contribution in [0.15, 0.2) is 24.3 Å². The number of urea groups is 1. The number of piperidine rings is 1. The Bertz CT molecular complexity index is 651. The molecule has 0 atom stereocenters. The molecule has 1 aliphatic heterocycles. The maximum atomic E-state index is 12.7. The molecule has 0 unspecified atom stereocenters. The SMILES string of the molecule is O=C(Nc1cccc(C(F)(F)F)c1)NC1CCN(C(=O)C2CC2)CC1. The first-order valence-corrected chi connectivity index (χ1v) is 8.36. The van der Waals surface area contributed by atoms with Crippen molar-refractivity contribution in [1.29, 1.82) is 0 Å². The first-order chi connectivity index (χ1) is 11.8. The van der Waals surface area contributed by atoms with E-state index in [1.165, 1.54) is 12.1 Å². The number of nitrogens with zero attached hydrogens (tertiary/aromatic N) is 1. The van der Waals surface area contributed by atoms with Gasteiger partial charge in [-0.25, -0.2) is 4.79 Å². The fourth-order valence-corrected chi connectivity index (χ4v) is 2.96. The average Bonchev–Trinajstić information content (AvgIpc) is 3.39. The van der Waals surface area contributed by atoms with Crippen molar-refractivity contribution in [2.75, 3.05) is 18.4 Å². The Morgan fingerprint density at radius 1 is 1.08 bits per heavy atom. The summed E-state index contributed by atoms with van der Waals surface area (Å²) in [4.78, 5) is 25.8. The summed E-state index contributed by atoms with van der Waals surface area (Å²) in [6.07, 6.45) is -1.22. The molecule has 2 N–H and O–H groups in total. The van der Waals surface area contributed by atoms with Gasteiger partial charge in [0.15, 0.2) is 0 Å². The van der Waals surface area contributed by atoms with Gasteiger partial charge in [-0.05, 0) is 43.9 Å². The van der Waals surface area contributed by atoms with Gasteiger partial charge in [0.25, 0.3) is 0 Å². The fraction of sp³-hybridized carbons (Fsp3) is 0.529. The van der Waals surface area contributed by atoms with E-state index in [1.54, 1.807) is 0 Å². The van der Waals surface area contributed by atoms with Crippen LogP contribution in [0, 0.1) is 5.92 Å². The Labute approximate surface area is 143 Å². The molecule has 136 valence electrons. The predicted molar refractivity (Wildman–Crippen MR) is 85.9 cm³/mol. The van der Waals surface area contributed by atoms with Crippen molar-refractivity contribution in [3.05, 3.63) is 29.8 Å². The number of alkyl halides is 3. The minimum Gasteiger partial charge on any atom is -0.342 e. The number of anilines is 1. The van der Waals surface area contributed by atoms with Crippen molar-refractivity contribution in [2.45, 2.75) is 37.9 Å². The molecule has 3 rings (SSSR count). The van der Waals surface area contributed by atoms with Crippen molar-refractivity contribution in [2.24, 2.45) is 5.92 Å². The lowest BCUT2D eigenvalue weighted by atomic mass is 10.0. The van der Waals surface area contributed by atoms with Gasteiger partial charge < -0.3 is 15.5 Å². The van der Waals surface area contributed by atoms with Crippen molar-refractivity contribution in [3.63, 3.8) is 0 Å². The molecule has 1 saturated heterocycles. The zero-order valence-electron chi connectivity index (χ0n) is 13.6. The molecule has 3 amide bonds. The molecule has 25 heavy (non-hydrogen) atoms. The Balaban J connectivity index is 1.48. The van der Waals surface area contributed by atoms with Crippen LogP contribution in [0.2, 0.25) is 0 Å². The molecule has 5 nitrogen and oxygen atoms in total. The molecular weight excluding hydrogens is 335 g/mol. The molecule has 1 aliphatic carbocycles. The Morgan fingerprint density at radius 2 is 1.76 bits per heavy atom. The zero-order chi connectivity index (χ0) is 18.0. The van der Waals surface area contributed by atoms with Crippen molar-refractivity contribution in [3.8, 4) is 0 Å². The highest BCUT2D eigenvalue weighted by Gasteiger charge is 2.35. The van der Waals surface area contributed by atoms with Gasteiger partial charge in [0.1, 0.15) is 0 Å².